The van der Waals surface area contributed by atoms with E-state index in [1.54, 1.807) is 6.20 Å². The van der Waals surface area contributed by atoms with Gasteiger partial charge in [-0.05, 0) is 22.3 Å². The SMILES string of the molecule is O=c1cc(NCc2ccc(-c3ccccc3)cc2)c2cncnc2n1OCc1ccccc1. The van der Waals surface area contributed by atoms with Crippen LogP contribution in [0, 0.1) is 0 Å². The van der Waals surface area contributed by atoms with E-state index >= 15 is 0 Å². The monoisotopic (exact) mass is 434 g/mol. The number of aromatic nitrogens is 3. The number of anilines is 1. The Morgan fingerprint density at radius 1 is 0.818 bits per heavy atom. The van der Waals surface area contributed by atoms with Gasteiger partial charge in [0, 0.05) is 18.8 Å². The predicted molar refractivity (Wildman–Crippen MR) is 130 cm³/mol. The van der Waals surface area contributed by atoms with Gasteiger partial charge in [0.1, 0.15) is 12.9 Å². The summed E-state index contributed by atoms with van der Waals surface area (Å²) in [6, 6.07) is 29.8. The minimum absolute atomic E-state index is 0.264. The molecule has 0 amide bonds. The van der Waals surface area contributed by atoms with E-state index in [0.717, 1.165) is 16.7 Å². The topological polar surface area (TPSA) is 69.0 Å². The zero-order valence-corrected chi connectivity index (χ0v) is 17.9. The largest absolute Gasteiger partial charge is 0.404 e. The molecule has 0 aliphatic carbocycles. The number of benzene rings is 3. The predicted octanol–water partition coefficient (Wildman–Crippen LogP) is 4.70. The van der Waals surface area contributed by atoms with E-state index in [9.17, 15) is 4.79 Å². The number of pyridine rings is 1. The van der Waals surface area contributed by atoms with Crippen molar-refractivity contribution in [3.63, 3.8) is 0 Å². The lowest BCUT2D eigenvalue weighted by atomic mass is 10.0. The highest BCUT2D eigenvalue weighted by Crippen LogP contribution is 2.22. The number of fused-ring (bicyclic) bond motifs is 1. The lowest BCUT2D eigenvalue weighted by molar-refractivity contribution is 0.0980. The highest BCUT2D eigenvalue weighted by molar-refractivity contribution is 5.87. The molecule has 0 bridgehead atoms. The summed E-state index contributed by atoms with van der Waals surface area (Å²) < 4.78 is 1.23. The van der Waals surface area contributed by atoms with Crippen molar-refractivity contribution in [1.82, 2.24) is 14.7 Å². The summed E-state index contributed by atoms with van der Waals surface area (Å²) in [5.74, 6) is 0. The molecule has 6 nitrogen and oxygen atoms in total. The fourth-order valence-electron chi connectivity index (χ4n) is 3.67. The molecule has 5 aromatic rings. The van der Waals surface area contributed by atoms with Crippen molar-refractivity contribution >= 4 is 16.7 Å². The molecule has 0 unspecified atom stereocenters. The average Bonchev–Trinajstić information content (AvgIpc) is 2.88. The van der Waals surface area contributed by atoms with Gasteiger partial charge in [0.25, 0.3) is 5.56 Å². The van der Waals surface area contributed by atoms with E-state index in [-0.39, 0.29) is 12.2 Å². The number of hydrogen-bond acceptors (Lipinski definition) is 5. The van der Waals surface area contributed by atoms with Gasteiger partial charge in [-0.25, -0.2) is 9.97 Å². The molecule has 0 saturated carbocycles. The second-order valence-corrected chi connectivity index (χ2v) is 7.63. The standard InChI is InChI=1S/C27H22N4O2/c32-26-15-25(29-16-20-11-13-23(14-12-20)22-9-5-2-6-10-22)24-17-28-19-30-27(24)31(26)33-18-21-7-3-1-4-8-21/h1-15,17,19,29H,16,18H2. The van der Waals surface area contributed by atoms with Crippen LogP contribution in [0.25, 0.3) is 22.2 Å². The zero-order valence-electron chi connectivity index (χ0n) is 17.9. The molecule has 0 spiro atoms. The summed E-state index contributed by atoms with van der Waals surface area (Å²) in [6.45, 7) is 0.827. The third-order valence-electron chi connectivity index (χ3n) is 5.39. The lowest BCUT2D eigenvalue weighted by Crippen LogP contribution is -2.27. The van der Waals surface area contributed by atoms with Gasteiger partial charge < -0.3 is 10.2 Å². The summed E-state index contributed by atoms with van der Waals surface area (Å²) in [6.07, 6.45) is 3.10. The Kier molecular flexibility index (Phi) is 5.80. The van der Waals surface area contributed by atoms with Crippen LogP contribution in [0.15, 0.2) is 108 Å². The van der Waals surface area contributed by atoms with E-state index in [1.807, 2.05) is 48.5 Å². The Hall–Kier alpha value is -4.45. The molecule has 0 saturated heterocycles. The molecule has 2 aromatic heterocycles. The van der Waals surface area contributed by atoms with Crippen molar-refractivity contribution in [2.75, 3.05) is 5.32 Å². The zero-order chi connectivity index (χ0) is 22.5. The van der Waals surface area contributed by atoms with Gasteiger partial charge in [0.05, 0.1) is 11.1 Å². The van der Waals surface area contributed by atoms with Gasteiger partial charge in [0.15, 0.2) is 5.65 Å². The van der Waals surface area contributed by atoms with Gasteiger partial charge in [-0.2, -0.15) is 0 Å². The van der Waals surface area contributed by atoms with Crippen molar-refractivity contribution in [3.8, 4) is 11.1 Å². The molecular weight excluding hydrogens is 412 g/mol. The third kappa shape index (κ3) is 4.60. The van der Waals surface area contributed by atoms with Crippen LogP contribution >= 0.6 is 0 Å². The molecular formula is C27H22N4O2. The fourth-order valence-corrected chi connectivity index (χ4v) is 3.67. The van der Waals surface area contributed by atoms with Crippen LogP contribution in [0.1, 0.15) is 11.1 Å². The van der Waals surface area contributed by atoms with Crippen LogP contribution in [0.4, 0.5) is 5.69 Å². The normalized spacial score (nSPS) is 10.8. The summed E-state index contributed by atoms with van der Waals surface area (Å²) >= 11 is 0. The number of hydrogen-bond donors (Lipinski definition) is 1. The first-order chi connectivity index (χ1) is 16.3. The summed E-state index contributed by atoms with van der Waals surface area (Å²) in [5, 5.41) is 4.07. The molecule has 0 aliphatic rings. The lowest BCUT2D eigenvalue weighted by Gasteiger charge is -2.14. The first kappa shape index (κ1) is 20.5. The van der Waals surface area contributed by atoms with Crippen molar-refractivity contribution in [2.45, 2.75) is 13.2 Å². The Labute approximate surface area is 191 Å². The molecule has 6 heteroatoms. The van der Waals surface area contributed by atoms with Crippen molar-refractivity contribution in [2.24, 2.45) is 0 Å². The van der Waals surface area contributed by atoms with Crippen LogP contribution in [0.3, 0.4) is 0 Å². The second-order valence-electron chi connectivity index (χ2n) is 7.63. The molecule has 0 atom stereocenters. The van der Waals surface area contributed by atoms with Gasteiger partial charge in [0.2, 0.25) is 0 Å². The molecule has 1 N–H and O–H groups in total. The Bertz CT molecular complexity index is 1420. The molecule has 5 rings (SSSR count). The van der Waals surface area contributed by atoms with E-state index in [1.165, 1.54) is 22.7 Å². The highest BCUT2D eigenvalue weighted by Gasteiger charge is 2.12. The summed E-state index contributed by atoms with van der Waals surface area (Å²) in [4.78, 5) is 27.1. The molecule has 33 heavy (non-hydrogen) atoms. The van der Waals surface area contributed by atoms with Gasteiger partial charge >= 0.3 is 0 Å². The van der Waals surface area contributed by atoms with E-state index in [2.05, 4.69) is 51.7 Å². The van der Waals surface area contributed by atoms with Crippen molar-refractivity contribution in [1.29, 1.82) is 0 Å². The summed E-state index contributed by atoms with van der Waals surface area (Å²) in [7, 11) is 0. The molecule has 0 fully saturated rings. The molecule has 2 heterocycles. The van der Waals surface area contributed by atoms with E-state index < -0.39 is 0 Å². The molecule has 3 aromatic carbocycles. The molecule has 0 aliphatic heterocycles. The van der Waals surface area contributed by atoms with Gasteiger partial charge in [-0.15, -0.1) is 4.73 Å². The first-order valence-electron chi connectivity index (χ1n) is 10.7. The smallest absolute Gasteiger partial charge is 0.287 e. The molecule has 162 valence electrons. The minimum atomic E-state index is -0.293. The van der Waals surface area contributed by atoms with E-state index in [0.29, 0.717) is 23.3 Å². The number of nitrogens with zero attached hydrogens (tertiary/aromatic N) is 3. The Balaban J connectivity index is 1.36. The second kappa shape index (κ2) is 9.36. The van der Waals surface area contributed by atoms with Crippen LogP contribution in [0.5, 0.6) is 0 Å². The maximum absolute atomic E-state index is 12.8. The van der Waals surface area contributed by atoms with Crippen LogP contribution in [-0.4, -0.2) is 14.7 Å². The fraction of sp³-hybridized carbons (Fsp3) is 0.0741. The molecule has 0 radical (unpaired) electrons. The van der Waals surface area contributed by atoms with E-state index in [4.69, 9.17) is 4.84 Å². The Morgan fingerprint density at radius 2 is 1.52 bits per heavy atom. The van der Waals surface area contributed by atoms with Gasteiger partial charge in [-0.1, -0.05) is 84.9 Å². The van der Waals surface area contributed by atoms with Crippen molar-refractivity contribution in [3.05, 3.63) is 125 Å². The number of rotatable bonds is 7. The maximum atomic E-state index is 12.8. The number of nitrogens with one attached hydrogen (secondary N) is 1. The van der Waals surface area contributed by atoms with Crippen LogP contribution < -0.4 is 15.7 Å². The summed E-state index contributed by atoms with van der Waals surface area (Å²) in [5.41, 5.74) is 5.21. The average molecular weight is 434 g/mol. The van der Waals surface area contributed by atoms with Crippen molar-refractivity contribution < 1.29 is 4.84 Å². The highest BCUT2D eigenvalue weighted by atomic mass is 16.7. The van der Waals surface area contributed by atoms with Crippen LogP contribution in [-0.2, 0) is 13.2 Å². The quantitative estimate of drug-likeness (QED) is 0.402. The van der Waals surface area contributed by atoms with Gasteiger partial charge in [-0.3, -0.25) is 4.79 Å². The minimum Gasteiger partial charge on any atom is -0.404 e. The first-order valence-corrected chi connectivity index (χ1v) is 10.7. The van der Waals surface area contributed by atoms with Crippen LogP contribution in [0.2, 0.25) is 0 Å². The third-order valence-corrected chi connectivity index (χ3v) is 5.39. The maximum Gasteiger partial charge on any atom is 0.287 e. The Morgan fingerprint density at radius 3 is 2.27 bits per heavy atom.